The Morgan fingerprint density at radius 1 is 1.42 bits per heavy atom. The lowest BCUT2D eigenvalue weighted by atomic mass is 10.0. The summed E-state index contributed by atoms with van der Waals surface area (Å²) >= 11 is 0. The van der Waals surface area contributed by atoms with Gasteiger partial charge in [0, 0.05) is 26.1 Å². The molecule has 0 saturated heterocycles. The molecule has 1 aliphatic rings. The van der Waals surface area contributed by atoms with Crippen LogP contribution in [-0.2, 0) is 17.8 Å². The van der Waals surface area contributed by atoms with E-state index < -0.39 is 0 Å². The van der Waals surface area contributed by atoms with Crippen LogP contribution in [0.15, 0.2) is 0 Å². The first-order valence-electron chi connectivity index (χ1n) is 7.32. The molecule has 0 aliphatic heterocycles. The molecule has 0 spiro atoms. The van der Waals surface area contributed by atoms with E-state index in [2.05, 4.69) is 27.2 Å². The van der Waals surface area contributed by atoms with Crippen LogP contribution in [0.25, 0.3) is 0 Å². The molecule has 1 atom stereocenters. The summed E-state index contributed by atoms with van der Waals surface area (Å²) in [5.41, 5.74) is 2.48. The van der Waals surface area contributed by atoms with E-state index in [9.17, 15) is 0 Å². The van der Waals surface area contributed by atoms with Crippen molar-refractivity contribution in [2.45, 2.75) is 51.6 Å². The van der Waals surface area contributed by atoms with E-state index in [0.717, 1.165) is 25.4 Å². The number of methoxy groups -OCH3 is 1. The van der Waals surface area contributed by atoms with Gasteiger partial charge in [-0.1, -0.05) is 25.0 Å². The highest BCUT2D eigenvalue weighted by atomic mass is 16.5. The Balaban J connectivity index is 2.16. The fraction of sp³-hybridized carbons (Fsp3) is 0.857. The topological polar surface area (TPSA) is 52.0 Å². The molecule has 108 valence electrons. The van der Waals surface area contributed by atoms with Crippen LogP contribution < -0.4 is 5.32 Å². The van der Waals surface area contributed by atoms with Crippen molar-refractivity contribution < 1.29 is 4.74 Å². The molecular weight excluding hydrogens is 240 g/mol. The van der Waals surface area contributed by atoms with E-state index in [1.165, 1.54) is 31.4 Å². The van der Waals surface area contributed by atoms with Crippen molar-refractivity contribution >= 4 is 0 Å². The average Bonchev–Trinajstić information content (AvgIpc) is 2.99. The summed E-state index contributed by atoms with van der Waals surface area (Å²) in [7, 11) is 3.72. The second kappa shape index (κ2) is 7.01. The average molecular weight is 266 g/mol. The van der Waals surface area contributed by atoms with Gasteiger partial charge in [-0.2, -0.15) is 0 Å². The number of nitrogens with one attached hydrogen (secondary N) is 1. The van der Waals surface area contributed by atoms with E-state index in [1.54, 1.807) is 7.11 Å². The van der Waals surface area contributed by atoms with Crippen molar-refractivity contribution in [2.75, 3.05) is 20.8 Å². The van der Waals surface area contributed by atoms with Gasteiger partial charge in [-0.15, -0.1) is 5.10 Å². The molecule has 0 bridgehead atoms. The summed E-state index contributed by atoms with van der Waals surface area (Å²) < 4.78 is 7.34. The van der Waals surface area contributed by atoms with Crippen LogP contribution in [0.5, 0.6) is 0 Å². The van der Waals surface area contributed by atoms with Gasteiger partial charge >= 0.3 is 0 Å². The molecule has 0 amide bonds. The molecule has 1 aromatic rings. The van der Waals surface area contributed by atoms with Crippen LogP contribution in [0.3, 0.4) is 0 Å². The van der Waals surface area contributed by atoms with Crippen molar-refractivity contribution in [3.63, 3.8) is 0 Å². The van der Waals surface area contributed by atoms with Crippen LogP contribution in [0.4, 0.5) is 0 Å². The summed E-state index contributed by atoms with van der Waals surface area (Å²) in [6, 6.07) is 0. The maximum atomic E-state index is 5.22. The summed E-state index contributed by atoms with van der Waals surface area (Å²) in [6.07, 6.45) is 5.23. The SMILES string of the molecule is CNCc1nnn(CC(C)COC)c1C1CCCC1. The fourth-order valence-corrected chi connectivity index (χ4v) is 3.06. The standard InChI is InChI=1S/C14H26N4O/c1-11(10-19-3)9-18-14(12-6-4-5-7-12)13(8-15-2)16-17-18/h11-12,15H,4-10H2,1-3H3. The zero-order valence-corrected chi connectivity index (χ0v) is 12.4. The monoisotopic (exact) mass is 266 g/mol. The molecule has 1 saturated carbocycles. The Hall–Kier alpha value is -0.940. The van der Waals surface area contributed by atoms with Crippen LogP contribution in [-0.4, -0.2) is 35.8 Å². The molecule has 0 aromatic carbocycles. The number of nitrogens with zero attached hydrogens (tertiary/aromatic N) is 3. The van der Waals surface area contributed by atoms with Crippen LogP contribution in [0.2, 0.25) is 0 Å². The third-order valence-corrected chi connectivity index (χ3v) is 3.87. The number of rotatable bonds is 7. The van der Waals surface area contributed by atoms with Crippen molar-refractivity contribution in [3.05, 3.63) is 11.4 Å². The van der Waals surface area contributed by atoms with Gasteiger partial charge in [0.25, 0.3) is 0 Å². The Bertz CT molecular complexity index is 385. The molecule has 1 unspecified atom stereocenters. The zero-order valence-electron chi connectivity index (χ0n) is 12.4. The van der Waals surface area contributed by atoms with E-state index in [4.69, 9.17) is 4.74 Å². The van der Waals surface area contributed by atoms with Gasteiger partial charge in [0.1, 0.15) is 0 Å². The van der Waals surface area contributed by atoms with E-state index in [-0.39, 0.29) is 0 Å². The Kier molecular flexibility index (Phi) is 5.34. The molecule has 1 N–H and O–H groups in total. The van der Waals surface area contributed by atoms with Crippen molar-refractivity contribution in [1.29, 1.82) is 0 Å². The first kappa shape index (κ1) is 14.5. The predicted octanol–water partition coefficient (Wildman–Crippen LogP) is 1.94. The van der Waals surface area contributed by atoms with E-state index in [1.807, 2.05) is 7.05 Å². The van der Waals surface area contributed by atoms with Gasteiger partial charge in [0.15, 0.2) is 0 Å². The summed E-state index contributed by atoms with van der Waals surface area (Å²) in [5.74, 6) is 1.11. The minimum absolute atomic E-state index is 0.467. The largest absolute Gasteiger partial charge is 0.384 e. The Morgan fingerprint density at radius 3 is 2.79 bits per heavy atom. The fourth-order valence-electron chi connectivity index (χ4n) is 3.06. The second-order valence-corrected chi connectivity index (χ2v) is 5.68. The van der Waals surface area contributed by atoms with Crippen molar-refractivity contribution in [1.82, 2.24) is 20.3 Å². The van der Waals surface area contributed by atoms with E-state index >= 15 is 0 Å². The van der Waals surface area contributed by atoms with Gasteiger partial charge in [-0.05, 0) is 25.8 Å². The lowest BCUT2D eigenvalue weighted by molar-refractivity contribution is 0.148. The molecular formula is C14H26N4O. The van der Waals surface area contributed by atoms with Crippen LogP contribution >= 0.6 is 0 Å². The van der Waals surface area contributed by atoms with Crippen molar-refractivity contribution in [3.8, 4) is 0 Å². The minimum Gasteiger partial charge on any atom is -0.384 e. The molecule has 1 aromatic heterocycles. The number of aromatic nitrogens is 3. The lowest BCUT2D eigenvalue weighted by Gasteiger charge is -2.16. The highest BCUT2D eigenvalue weighted by Gasteiger charge is 2.25. The highest BCUT2D eigenvalue weighted by molar-refractivity contribution is 5.17. The molecule has 5 nitrogen and oxygen atoms in total. The van der Waals surface area contributed by atoms with E-state index in [0.29, 0.717) is 11.8 Å². The number of ether oxygens (including phenoxy) is 1. The van der Waals surface area contributed by atoms with Crippen LogP contribution in [0, 0.1) is 5.92 Å². The van der Waals surface area contributed by atoms with Gasteiger partial charge < -0.3 is 10.1 Å². The Morgan fingerprint density at radius 2 is 2.16 bits per heavy atom. The molecule has 0 radical (unpaired) electrons. The number of hydrogen-bond acceptors (Lipinski definition) is 4. The first-order valence-corrected chi connectivity index (χ1v) is 7.32. The maximum absolute atomic E-state index is 5.22. The smallest absolute Gasteiger partial charge is 0.0999 e. The molecule has 19 heavy (non-hydrogen) atoms. The van der Waals surface area contributed by atoms with Crippen LogP contribution in [0.1, 0.15) is 49.9 Å². The summed E-state index contributed by atoms with van der Waals surface area (Å²) in [5, 5.41) is 11.9. The maximum Gasteiger partial charge on any atom is 0.0999 e. The summed E-state index contributed by atoms with van der Waals surface area (Å²) in [4.78, 5) is 0. The third-order valence-electron chi connectivity index (χ3n) is 3.87. The lowest BCUT2D eigenvalue weighted by Crippen LogP contribution is -2.18. The minimum atomic E-state index is 0.467. The van der Waals surface area contributed by atoms with Gasteiger partial charge in [-0.25, -0.2) is 4.68 Å². The molecule has 1 fully saturated rings. The highest BCUT2D eigenvalue weighted by Crippen LogP contribution is 2.35. The molecule has 5 heteroatoms. The molecule has 1 aliphatic carbocycles. The molecule has 2 rings (SSSR count). The normalized spacial score (nSPS) is 18.1. The first-order chi connectivity index (χ1) is 9.26. The third kappa shape index (κ3) is 3.54. The van der Waals surface area contributed by atoms with Gasteiger partial charge in [-0.3, -0.25) is 0 Å². The number of hydrogen-bond donors (Lipinski definition) is 1. The van der Waals surface area contributed by atoms with Gasteiger partial charge in [0.2, 0.25) is 0 Å². The Labute approximate surface area is 115 Å². The predicted molar refractivity (Wildman–Crippen MR) is 75.0 cm³/mol. The van der Waals surface area contributed by atoms with Gasteiger partial charge in [0.05, 0.1) is 18.0 Å². The zero-order chi connectivity index (χ0) is 13.7. The second-order valence-electron chi connectivity index (χ2n) is 5.68. The quantitative estimate of drug-likeness (QED) is 0.819. The van der Waals surface area contributed by atoms with Crippen molar-refractivity contribution in [2.24, 2.45) is 5.92 Å². The molecule has 1 heterocycles. The summed E-state index contributed by atoms with van der Waals surface area (Å²) in [6.45, 7) is 4.67.